The van der Waals surface area contributed by atoms with Gasteiger partial charge in [-0.25, -0.2) is 4.39 Å². The molecule has 1 N–H and O–H groups in total. The third-order valence-corrected chi connectivity index (χ3v) is 3.70. The van der Waals surface area contributed by atoms with Crippen molar-refractivity contribution in [3.05, 3.63) is 65.5 Å². The smallest absolute Gasteiger partial charge is 0.244 e. The van der Waals surface area contributed by atoms with Gasteiger partial charge in [-0.1, -0.05) is 25.1 Å². The van der Waals surface area contributed by atoms with Crippen LogP contribution in [0.25, 0.3) is 6.08 Å². The summed E-state index contributed by atoms with van der Waals surface area (Å²) < 4.78 is 23.8. The van der Waals surface area contributed by atoms with Crippen LogP contribution in [-0.2, 0) is 11.2 Å². The van der Waals surface area contributed by atoms with Crippen LogP contribution in [-0.4, -0.2) is 26.2 Å². The molecule has 0 atom stereocenters. The highest BCUT2D eigenvalue weighted by Gasteiger charge is 2.04. The number of halogens is 1. The molecule has 0 aromatic heterocycles. The summed E-state index contributed by atoms with van der Waals surface area (Å²) in [6, 6.07) is 11.8. The van der Waals surface area contributed by atoms with Crippen molar-refractivity contribution in [3.63, 3.8) is 0 Å². The molecule has 0 aliphatic carbocycles. The molecule has 5 heteroatoms. The number of rotatable bonds is 9. The van der Waals surface area contributed by atoms with E-state index in [4.69, 9.17) is 9.47 Å². The Morgan fingerprint density at radius 2 is 1.92 bits per heavy atom. The molecule has 0 fully saturated rings. The van der Waals surface area contributed by atoms with Crippen molar-refractivity contribution in [2.75, 3.05) is 20.3 Å². The molecule has 2 rings (SSSR count). The third-order valence-electron chi connectivity index (χ3n) is 3.70. The molecule has 0 heterocycles. The maximum Gasteiger partial charge on any atom is 0.244 e. The van der Waals surface area contributed by atoms with E-state index in [9.17, 15) is 9.18 Å². The average molecular weight is 357 g/mol. The Hall–Kier alpha value is -2.82. The molecule has 0 aliphatic rings. The number of ether oxygens (including phenoxy) is 2. The van der Waals surface area contributed by atoms with Crippen molar-refractivity contribution < 1.29 is 18.7 Å². The largest absolute Gasteiger partial charge is 0.493 e. The van der Waals surface area contributed by atoms with Crippen LogP contribution in [0.3, 0.4) is 0 Å². The first-order chi connectivity index (χ1) is 12.6. The molecular weight excluding hydrogens is 333 g/mol. The van der Waals surface area contributed by atoms with Crippen LogP contribution in [0.2, 0.25) is 0 Å². The van der Waals surface area contributed by atoms with Crippen molar-refractivity contribution in [2.45, 2.75) is 19.8 Å². The predicted octanol–water partition coefficient (Wildman–Crippen LogP) is 4.00. The number of methoxy groups -OCH3 is 1. The maximum atomic E-state index is 12.8. The summed E-state index contributed by atoms with van der Waals surface area (Å²) >= 11 is 0. The second kappa shape index (κ2) is 10.2. The fourth-order valence-corrected chi connectivity index (χ4v) is 2.33. The number of carbonyl (C=O) groups excluding carboxylic acids is 1. The molecular formula is C21H24FNO3. The fraction of sp³-hybridized carbons (Fsp3) is 0.286. The highest BCUT2D eigenvalue weighted by Crippen LogP contribution is 2.28. The molecule has 26 heavy (non-hydrogen) atoms. The highest BCUT2D eigenvalue weighted by molar-refractivity contribution is 5.91. The van der Waals surface area contributed by atoms with Gasteiger partial charge in [0.05, 0.1) is 13.7 Å². The normalized spacial score (nSPS) is 10.7. The van der Waals surface area contributed by atoms with Crippen LogP contribution in [0.4, 0.5) is 4.39 Å². The van der Waals surface area contributed by atoms with E-state index in [-0.39, 0.29) is 11.7 Å². The van der Waals surface area contributed by atoms with E-state index >= 15 is 0 Å². The van der Waals surface area contributed by atoms with Gasteiger partial charge in [0.15, 0.2) is 11.5 Å². The fourth-order valence-electron chi connectivity index (χ4n) is 2.33. The first-order valence-electron chi connectivity index (χ1n) is 8.63. The number of amides is 1. The van der Waals surface area contributed by atoms with Gasteiger partial charge in [-0.3, -0.25) is 4.79 Å². The number of nitrogens with one attached hydrogen (secondary N) is 1. The van der Waals surface area contributed by atoms with E-state index in [1.165, 1.54) is 18.2 Å². The monoisotopic (exact) mass is 357 g/mol. The highest BCUT2D eigenvalue weighted by atomic mass is 19.1. The van der Waals surface area contributed by atoms with Crippen LogP contribution < -0.4 is 14.8 Å². The Morgan fingerprint density at radius 1 is 1.15 bits per heavy atom. The molecule has 0 saturated carbocycles. The number of hydrogen-bond donors (Lipinski definition) is 1. The molecule has 1 amide bonds. The van der Waals surface area contributed by atoms with Crippen LogP contribution in [0.1, 0.15) is 24.5 Å². The standard InChI is InChI=1S/C21H24FNO3/c1-3-14-26-19-10-6-17(15-20(19)25-2)7-11-21(24)23-13-12-16-4-8-18(22)9-5-16/h4-11,15H,3,12-14H2,1-2H3,(H,23,24)/b11-7+. The van der Waals surface area contributed by atoms with Gasteiger partial charge < -0.3 is 14.8 Å². The molecule has 0 unspecified atom stereocenters. The Labute approximate surface area is 153 Å². The molecule has 0 bridgehead atoms. The summed E-state index contributed by atoms with van der Waals surface area (Å²) in [5.74, 6) is 0.882. The molecule has 0 spiro atoms. The average Bonchev–Trinajstić information content (AvgIpc) is 2.66. The number of hydrogen-bond acceptors (Lipinski definition) is 3. The van der Waals surface area contributed by atoms with Crippen molar-refractivity contribution in [1.29, 1.82) is 0 Å². The van der Waals surface area contributed by atoms with Gasteiger partial charge in [0.25, 0.3) is 0 Å². The molecule has 0 radical (unpaired) electrons. The van der Waals surface area contributed by atoms with Gasteiger partial charge in [-0.15, -0.1) is 0 Å². The summed E-state index contributed by atoms with van der Waals surface area (Å²) in [6.45, 7) is 3.15. The van der Waals surface area contributed by atoms with Gasteiger partial charge in [0.2, 0.25) is 5.91 Å². The van der Waals surface area contributed by atoms with E-state index in [1.54, 1.807) is 25.3 Å². The van der Waals surface area contributed by atoms with Crippen molar-refractivity contribution in [1.82, 2.24) is 5.32 Å². The molecule has 0 aliphatic heterocycles. The predicted molar refractivity (Wildman–Crippen MR) is 101 cm³/mol. The Morgan fingerprint density at radius 3 is 2.62 bits per heavy atom. The second-order valence-corrected chi connectivity index (χ2v) is 5.76. The number of carbonyl (C=O) groups is 1. The van der Waals surface area contributed by atoms with Crippen LogP contribution in [0.5, 0.6) is 11.5 Å². The van der Waals surface area contributed by atoms with E-state index in [0.717, 1.165) is 17.5 Å². The van der Waals surface area contributed by atoms with Gasteiger partial charge >= 0.3 is 0 Å². The lowest BCUT2D eigenvalue weighted by molar-refractivity contribution is -0.116. The second-order valence-electron chi connectivity index (χ2n) is 5.76. The van der Waals surface area contributed by atoms with Gasteiger partial charge in [0.1, 0.15) is 5.82 Å². The first kappa shape index (κ1) is 19.5. The lowest BCUT2D eigenvalue weighted by Crippen LogP contribution is -2.23. The van der Waals surface area contributed by atoms with E-state index in [1.807, 2.05) is 25.1 Å². The summed E-state index contributed by atoms with van der Waals surface area (Å²) in [4.78, 5) is 11.9. The summed E-state index contributed by atoms with van der Waals surface area (Å²) in [7, 11) is 1.59. The van der Waals surface area contributed by atoms with E-state index in [0.29, 0.717) is 31.1 Å². The van der Waals surface area contributed by atoms with E-state index < -0.39 is 0 Å². The minimum atomic E-state index is -0.262. The van der Waals surface area contributed by atoms with Gasteiger partial charge in [0, 0.05) is 12.6 Å². The molecule has 0 saturated heterocycles. The van der Waals surface area contributed by atoms with Crippen LogP contribution in [0.15, 0.2) is 48.5 Å². The first-order valence-corrected chi connectivity index (χ1v) is 8.63. The van der Waals surface area contributed by atoms with Gasteiger partial charge in [-0.2, -0.15) is 0 Å². The van der Waals surface area contributed by atoms with Crippen molar-refractivity contribution in [3.8, 4) is 11.5 Å². The van der Waals surface area contributed by atoms with Crippen LogP contribution >= 0.6 is 0 Å². The SMILES string of the molecule is CCCOc1ccc(/C=C/C(=O)NCCc2ccc(F)cc2)cc1OC. The van der Waals surface area contributed by atoms with E-state index in [2.05, 4.69) is 5.32 Å². The minimum Gasteiger partial charge on any atom is -0.493 e. The quantitative estimate of drug-likeness (QED) is 0.690. The maximum absolute atomic E-state index is 12.8. The summed E-state index contributed by atoms with van der Waals surface area (Å²) in [5.41, 5.74) is 1.82. The zero-order valence-electron chi connectivity index (χ0n) is 15.1. The Balaban J connectivity index is 1.85. The van der Waals surface area contributed by atoms with Gasteiger partial charge in [-0.05, 0) is 54.3 Å². The summed E-state index contributed by atoms with van der Waals surface area (Å²) in [5, 5.41) is 2.81. The Kier molecular flexibility index (Phi) is 7.68. The molecule has 2 aromatic rings. The zero-order chi connectivity index (χ0) is 18.8. The summed E-state index contributed by atoms with van der Waals surface area (Å²) in [6.07, 6.45) is 4.77. The van der Waals surface area contributed by atoms with Crippen molar-refractivity contribution in [2.24, 2.45) is 0 Å². The lowest BCUT2D eigenvalue weighted by Gasteiger charge is -2.10. The zero-order valence-corrected chi connectivity index (χ0v) is 15.1. The number of benzene rings is 2. The Bertz CT molecular complexity index is 741. The lowest BCUT2D eigenvalue weighted by atomic mass is 10.1. The minimum absolute atomic E-state index is 0.183. The van der Waals surface area contributed by atoms with Crippen LogP contribution in [0, 0.1) is 5.82 Å². The topological polar surface area (TPSA) is 47.6 Å². The molecule has 4 nitrogen and oxygen atoms in total. The molecule has 2 aromatic carbocycles. The van der Waals surface area contributed by atoms with Crippen molar-refractivity contribution >= 4 is 12.0 Å². The molecule has 138 valence electrons. The third kappa shape index (κ3) is 6.24.